The lowest BCUT2D eigenvalue weighted by Gasteiger charge is -2.33. The number of hydrogen-bond acceptors (Lipinski definition) is 5. The SMILES string of the molecule is CC1CCCN1c1cc(CNC(=O)[N+]2(S(=O)(=O)c3ccc(F)cc3)CC(F)(F)C[C@H]2C)cc(-c2ccc(C(F)(F)F)cc2)n1. The zero-order valence-corrected chi connectivity index (χ0v) is 24.7. The Hall–Kier alpha value is -3.65. The summed E-state index contributed by atoms with van der Waals surface area (Å²) in [4.78, 5) is 20.0. The van der Waals surface area contributed by atoms with Gasteiger partial charge in [0.15, 0.2) is 6.54 Å². The van der Waals surface area contributed by atoms with Crippen molar-refractivity contribution in [3.05, 3.63) is 77.6 Å². The summed E-state index contributed by atoms with van der Waals surface area (Å²) in [7, 11) is -4.77. The van der Waals surface area contributed by atoms with E-state index in [1.165, 1.54) is 19.1 Å². The second kappa shape index (κ2) is 11.4. The zero-order valence-electron chi connectivity index (χ0n) is 23.9. The Morgan fingerprint density at radius 3 is 2.27 bits per heavy atom. The highest BCUT2D eigenvalue weighted by atomic mass is 32.2. The van der Waals surface area contributed by atoms with E-state index >= 15 is 0 Å². The predicted octanol–water partition coefficient (Wildman–Crippen LogP) is 6.74. The Morgan fingerprint density at radius 1 is 1.07 bits per heavy atom. The number of carbonyl (C=O) groups excluding carboxylic acids is 1. The molecule has 0 aliphatic carbocycles. The number of urea groups is 1. The largest absolute Gasteiger partial charge is 0.432 e. The number of sulfonamides is 1. The van der Waals surface area contributed by atoms with Gasteiger partial charge in [-0.05, 0) is 80.8 Å². The van der Waals surface area contributed by atoms with Crippen LogP contribution < -0.4 is 10.2 Å². The first kappa shape index (κ1) is 31.8. The maximum atomic E-state index is 14.7. The van der Waals surface area contributed by atoms with Gasteiger partial charge in [-0.15, -0.1) is 3.89 Å². The van der Waals surface area contributed by atoms with E-state index in [0.717, 1.165) is 49.2 Å². The van der Waals surface area contributed by atoms with Gasteiger partial charge in [0.1, 0.15) is 22.6 Å². The number of alkyl halides is 5. The van der Waals surface area contributed by atoms with Crippen LogP contribution >= 0.6 is 0 Å². The number of hydrogen-bond donors (Lipinski definition) is 1. The molecule has 0 radical (unpaired) electrons. The summed E-state index contributed by atoms with van der Waals surface area (Å²) in [5.41, 5.74) is 0.317. The predicted molar refractivity (Wildman–Crippen MR) is 151 cm³/mol. The average Bonchev–Trinajstić information content (AvgIpc) is 3.50. The molecule has 44 heavy (non-hydrogen) atoms. The number of aromatic nitrogens is 1. The molecule has 236 valence electrons. The molecule has 3 atom stereocenters. The fraction of sp³-hybridized carbons (Fsp3) is 0.400. The highest BCUT2D eigenvalue weighted by Gasteiger charge is 2.66. The van der Waals surface area contributed by atoms with E-state index < -0.39 is 67.3 Å². The second-order valence-electron chi connectivity index (χ2n) is 11.4. The summed E-state index contributed by atoms with van der Waals surface area (Å²) in [6.45, 7) is 2.36. The summed E-state index contributed by atoms with van der Waals surface area (Å²) < 4.78 is 108. The van der Waals surface area contributed by atoms with Gasteiger partial charge in [-0.25, -0.2) is 22.9 Å². The molecule has 0 bridgehead atoms. The fourth-order valence-electron chi connectivity index (χ4n) is 6.02. The van der Waals surface area contributed by atoms with Gasteiger partial charge in [0, 0.05) is 24.7 Å². The molecular weight excluding hydrogens is 610 g/mol. The van der Waals surface area contributed by atoms with Gasteiger partial charge in [-0.3, -0.25) is 0 Å². The van der Waals surface area contributed by atoms with Crippen molar-refractivity contribution in [2.24, 2.45) is 0 Å². The number of carbonyl (C=O) groups is 1. The van der Waals surface area contributed by atoms with Gasteiger partial charge >= 0.3 is 28.2 Å². The first-order valence-corrected chi connectivity index (χ1v) is 15.5. The van der Waals surface area contributed by atoms with Crippen LogP contribution in [0.4, 0.5) is 37.0 Å². The van der Waals surface area contributed by atoms with E-state index in [1.807, 2.05) is 11.8 Å². The first-order chi connectivity index (χ1) is 20.5. The number of rotatable bonds is 6. The van der Waals surface area contributed by atoms with Crippen LogP contribution in [0.5, 0.6) is 0 Å². The molecule has 0 spiro atoms. The highest BCUT2D eigenvalue weighted by Crippen LogP contribution is 2.43. The van der Waals surface area contributed by atoms with Crippen LogP contribution in [0.1, 0.15) is 44.2 Å². The average molecular weight is 642 g/mol. The number of likely N-dealkylation sites (tertiary alicyclic amines) is 1. The van der Waals surface area contributed by atoms with Crippen LogP contribution in [0.2, 0.25) is 0 Å². The molecular formula is C30H31F6N4O3S+. The van der Waals surface area contributed by atoms with Gasteiger partial charge in [-0.2, -0.15) is 21.6 Å². The summed E-state index contributed by atoms with van der Waals surface area (Å²) >= 11 is 0. The normalized spacial score (nSPS) is 23.6. The summed E-state index contributed by atoms with van der Waals surface area (Å²) in [5.74, 6) is -3.68. The minimum Gasteiger partial charge on any atom is -0.354 e. The van der Waals surface area contributed by atoms with Crippen LogP contribution in [0.15, 0.2) is 65.6 Å². The van der Waals surface area contributed by atoms with Gasteiger partial charge in [0.2, 0.25) is 0 Å². The third-order valence-corrected chi connectivity index (χ3v) is 10.7. The molecule has 14 heteroatoms. The lowest BCUT2D eigenvalue weighted by Crippen LogP contribution is -2.62. The van der Waals surface area contributed by atoms with Crippen molar-refractivity contribution in [2.75, 3.05) is 18.0 Å². The minimum atomic E-state index is -4.77. The molecule has 2 aliphatic heterocycles. The molecule has 7 nitrogen and oxygen atoms in total. The number of amides is 2. The maximum absolute atomic E-state index is 14.7. The Morgan fingerprint density at radius 2 is 1.73 bits per heavy atom. The van der Waals surface area contributed by atoms with Crippen molar-refractivity contribution < 1.29 is 43.4 Å². The Bertz CT molecular complexity index is 1650. The van der Waals surface area contributed by atoms with Gasteiger partial charge in [0.05, 0.1) is 17.7 Å². The molecule has 1 aromatic heterocycles. The van der Waals surface area contributed by atoms with E-state index in [0.29, 0.717) is 29.2 Å². The molecule has 2 saturated heterocycles. The van der Waals surface area contributed by atoms with E-state index in [9.17, 15) is 39.6 Å². The number of pyridine rings is 1. The van der Waals surface area contributed by atoms with Crippen LogP contribution in [-0.4, -0.2) is 54.4 Å². The lowest BCUT2D eigenvalue weighted by atomic mass is 10.1. The molecule has 3 aromatic rings. The maximum Gasteiger partial charge on any atom is 0.432 e. The molecule has 0 saturated carbocycles. The van der Waals surface area contributed by atoms with Gasteiger partial charge < -0.3 is 10.2 Å². The smallest absolute Gasteiger partial charge is 0.354 e. The van der Waals surface area contributed by atoms with Gasteiger partial charge in [0.25, 0.3) is 0 Å². The number of benzene rings is 2. The molecule has 2 amide bonds. The topological polar surface area (TPSA) is 79.4 Å². The zero-order chi connectivity index (χ0) is 32.1. The van der Waals surface area contributed by atoms with Crippen LogP contribution in [0.3, 0.4) is 0 Å². The number of quaternary nitrogens is 1. The molecule has 2 fully saturated rings. The Balaban J connectivity index is 1.50. The van der Waals surface area contributed by atoms with Crippen molar-refractivity contribution in [3.63, 3.8) is 0 Å². The van der Waals surface area contributed by atoms with Crippen LogP contribution in [-0.2, 0) is 22.7 Å². The second-order valence-corrected chi connectivity index (χ2v) is 13.5. The number of halogens is 6. The summed E-state index contributed by atoms with van der Waals surface area (Å²) in [6.07, 6.45) is -3.59. The molecule has 2 aromatic carbocycles. The highest BCUT2D eigenvalue weighted by molar-refractivity contribution is 7.86. The Kier molecular flexibility index (Phi) is 8.21. The molecule has 3 heterocycles. The van der Waals surface area contributed by atoms with Crippen LogP contribution in [0, 0.1) is 5.82 Å². The number of nitrogens with zero attached hydrogens (tertiary/aromatic N) is 3. The van der Waals surface area contributed by atoms with Crippen molar-refractivity contribution in [1.82, 2.24) is 10.3 Å². The van der Waals surface area contributed by atoms with Crippen LogP contribution in [0.25, 0.3) is 11.3 Å². The van der Waals surface area contributed by atoms with Gasteiger partial charge in [-0.1, -0.05) is 12.1 Å². The van der Waals surface area contributed by atoms with E-state index in [1.54, 1.807) is 12.1 Å². The number of anilines is 1. The standard InChI is InChI=1S/C30H30F6N4O3S/c1-19-4-3-13-39(19)27-15-21(14-26(38-27)22-5-7-23(8-6-22)30(34,35)36)17-37-28(41)40(18-29(32,33)16-20(40)2)44(42,43)25-11-9-24(31)10-12-25/h5-12,14-15,19-20H,3-4,13,16-18H2,1-2H3/p+1/t19?,20-,40?/m1/s1. The molecule has 2 aliphatic rings. The summed E-state index contributed by atoms with van der Waals surface area (Å²) in [5, 5.41) is 2.53. The van der Waals surface area contributed by atoms with E-state index in [4.69, 9.17) is 0 Å². The third kappa shape index (κ3) is 5.88. The van der Waals surface area contributed by atoms with Crippen molar-refractivity contribution in [1.29, 1.82) is 0 Å². The van der Waals surface area contributed by atoms with Crippen molar-refractivity contribution >= 4 is 21.9 Å². The fourth-order valence-corrected chi connectivity index (χ4v) is 8.07. The van der Waals surface area contributed by atoms with E-state index in [2.05, 4.69) is 10.3 Å². The quantitative estimate of drug-likeness (QED) is 0.238. The number of nitrogens with one attached hydrogen (secondary N) is 1. The van der Waals surface area contributed by atoms with E-state index in [-0.39, 0.29) is 12.6 Å². The molecule has 5 rings (SSSR count). The first-order valence-electron chi connectivity index (χ1n) is 14.0. The van der Waals surface area contributed by atoms with Crippen molar-refractivity contribution in [3.8, 4) is 11.3 Å². The minimum absolute atomic E-state index is 0.121. The lowest BCUT2D eigenvalue weighted by molar-refractivity contribution is -0.738. The third-order valence-electron chi connectivity index (χ3n) is 8.33. The molecule has 2 unspecified atom stereocenters. The summed E-state index contributed by atoms with van der Waals surface area (Å²) in [6, 6.07) is 8.90. The Labute approximate surface area is 251 Å². The molecule has 1 N–H and O–H groups in total. The van der Waals surface area contributed by atoms with Crippen molar-refractivity contribution in [2.45, 2.75) is 68.7 Å². The monoisotopic (exact) mass is 641 g/mol.